The molecule has 0 spiro atoms. The zero-order valence-corrected chi connectivity index (χ0v) is 12.5. The van der Waals surface area contributed by atoms with Crippen molar-refractivity contribution >= 4 is 11.6 Å². The molecule has 106 valence electrons. The summed E-state index contributed by atoms with van der Waals surface area (Å²) in [7, 11) is 0. The van der Waals surface area contributed by atoms with Crippen LogP contribution in [0.4, 0.5) is 11.6 Å². The highest BCUT2D eigenvalue weighted by Gasteiger charge is 2.27. The number of nitrogen functional groups attached to an aromatic ring is 1. The van der Waals surface area contributed by atoms with Gasteiger partial charge in [-0.2, -0.15) is 0 Å². The third-order valence-corrected chi connectivity index (χ3v) is 4.32. The highest BCUT2D eigenvalue weighted by molar-refractivity contribution is 5.45. The minimum absolute atomic E-state index is 0.298. The van der Waals surface area contributed by atoms with E-state index in [2.05, 4.69) is 43.0 Å². The van der Waals surface area contributed by atoms with Crippen molar-refractivity contribution in [3.63, 3.8) is 0 Å². The van der Waals surface area contributed by atoms with Crippen LogP contribution in [0.15, 0.2) is 6.07 Å². The molecule has 2 rings (SSSR count). The summed E-state index contributed by atoms with van der Waals surface area (Å²) in [6, 6.07) is 2.34. The average molecular weight is 262 g/mol. The van der Waals surface area contributed by atoms with E-state index in [1.54, 1.807) is 0 Å². The molecule has 1 saturated carbocycles. The first kappa shape index (κ1) is 14.1. The molecule has 3 N–H and O–H groups in total. The second-order valence-electron chi connectivity index (χ2n) is 6.21. The lowest BCUT2D eigenvalue weighted by Gasteiger charge is -2.35. The Kier molecular flexibility index (Phi) is 4.27. The van der Waals surface area contributed by atoms with Crippen LogP contribution >= 0.6 is 0 Å². The molecule has 1 heterocycles. The Morgan fingerprint density at radius 1 is 1.26 bits per heavy atom. The van der Waals surface area contributed by atoms with E-state index in [9.17, 15) is 0 Å². The Bertz CT molecular complexity index is 430. The first-order chi connectivity index (χ1) is 8.97. The van der Waals surface area contributed by atoms with Crippen LogP contribution in [0.25, 0.3) is 0 Å². The van der Waals surface area contributed by atoms with Gasteiger partial charge in [0, 0.05) is 18.0 Å². The Labute approximate surface area is 116 Å². The van der Waals surface area contributed by atoms with Gasteiger partial charge in [-0.3, -0.25) is 0 Å². The number of nitrogens with zero attached hydrogens (tertiary/aromatic N) is 2. The van der Waals surface area contributed by atoms with E-state index in [1.165, 1.54) is 19.3 Å². The molecule has 4 heteroatoms. The van der Waals surface area contributed by atoms with Gasteiger partial charge in [0.25, 0.3) is 0 Å². The van der Waals surface area contributed by atoms with E-state index in [4.69, 9.17) is 5.73 Å². The van der Waals surface area contributed by atoms with Gasteiger partial charge in [-0.15, -0.1) is 0 Å². The lowest BCUT2D eigenvalue weighted by Crippen LogP contribution is -2.35. The van der Waals surface area contributed by atoms with Crippen molar-refractivity contribution in [2.45, 2.75) is 58.9 Å². The van der Waals surface area contributed by atoms with Crippen molar-refractivity contribution in [2.24, 2.45) is 11.8 Å². The lowest BCUT2D eigenvalue weighted by atomic mass is 9.78. The van der Waals surface area contributed by atoms with Crippen molar-refractivity contribution in [2.75, 3.05) is 11.1 Å². The molecular formula is C15H26N4. The summed E-state index contributed by atoms with van der Waals surface area (Å²) in [5, 5.41) is 3.57. The maximum Gasteiger partial charge on any atom is 0.135 e. The summed E-state index contributed by atoms with van der Waals surface area (Å²) in [5.74, 6) is 3.99. The van der Waals surface area contributed by atoms with Gasteiger partial charge < -0.3 is 11.1 Å². The van der Waals surface area contributed by atoms with Gasteiger partial charge in [0.1, 0.15) is 17.5 Å². The summed E-state index contributed by atoms with van der Waals surface area (Å²) >= 11 is 0. The first-order valence-electron chi connectivity index (χ1n) is 7.38. The normalized spacial score (nSPS) is 27.5. The van der Waals surface area contributed by atoms with Crippen LogP contribution in [0.5, 0.6) is 0 Å². The molecule has 19 heavy (non-hydrogen) atoms. The first-order valence-corrected chi connectivity index (χ1v) is 7.38. The third-order valence-electron chi connectivity index (χ3n) is 4.32. The fourth-order valence-corrected chi connectivity index (χ4v) is 2.79. The summed E-state index contributed by atoms with van der Waals surface area (Å²) in [4.78, 5) is 8.87. The fraction of sp³-hybridized carbons (Fsp3) is 0.733. The predicted octanol–water partition coefficient (Wildman–Crippen LogP) is 3.42. The minimum Gasteiger partial charge on any atom is -0.384 e. The summed E-state index contributed by atoms with van der Waals surface area (Å²) in [6.45, 7) is 8.84. The summed E-state index contributed by atoms with van der Waals surface area (Å²) < 4.78 is 0. The third kappa shape index (κ3) is 3.37. The number of hydrogen-bond acceptors (Lipinski definition) is 4. The summed E-state index contributed by atoms with van der Waals surface area (Å²) in [5.41, 5.74) is 5.87. The van der Waals surface area contributed by atoms with Crippen LogP contribution in [0, 0.1) is 11.8 Å². The molecule has 1 fully saturated rings. The van der Waals surface area contributed by atoms with E-state index < -0.39 is 0 Å². The molecular weight excluding hydrogens is 236 g/mol. The number of nitrogens with one attached hydrogen (secondary N) is 1. The maximum absolute atomic E-state index is 5.87. The molecule has 3 unspecified atom stereocenters. The van der Waals surface area contributed by atoms with E-state index >= 15 is 0 Å². The van der Waals surface area contributed by atoms with Crippen LogP contribution in [-0.2, 0) is 0 Å². The SMILES string of the molecule is CC(C)c1nc(N)cc(NC2CCCC(C)C2C)n1. The molecule has 3 atom stereocenters. The smallest absolute Gasteiger partial charge is 0.135 e. The van der Waals surface area contributed by atoms with Crippen molar-refractivity contribution < 1.29 is 0 Å². The highest BCUT2D eigenvalue weighted by Crippen LogP contribution is 2.31. The number of aromatic nitrogens is 2. The fourth-order valence-electron chi connectivity index (χ4n) is 2.79. The molecule has 1 aliphatic rings. The topological polar surface area (TPSA) is 63.8 Å². The van der Waals surface area contributed by atoms with Crippen LogP contribution in [-0.4, -0.2) is 16.0 Å². The van der Waals surface area contributed by atoms with Crippen LogP contribution in [0.3, 0.4) is 0 Å². The average Bonchev–Trinajstić information content (AvgIpc) is 2.34. The number of hydrogen-bond donors (Lipinski definition) is 2. The van der Waals surface area contributed by atoms with E-state index in [-0.39, 0.29) is 0 Å². The zero-order chi connectivity index (χ0) is 14.0. The van der Waals surface area contributed by atoms with Crippen molar-refractivity contribution in [1.29, 1.82) is 0 Å². The number of rotatable bonds is 3. The maximum atomic E-state index is 5.87. The molecule has 0 bridgehead atoms. The molecule has 0 aromatic carbocycles. The molecule has 0 amide bonds. The Morgan fingerprint density at radius 3 is 2.68 bits per heavy atom. The van der Waals surface area contributed by atoms with Crippen molar-refractivity contribution in [3.05, 3.63) is 11.9 Å². The molecule has 0 aliphatic heterocycles. The molecule has 1 aromatic rings. The van der Waals surface area contributed by atoms with Crippen LogP contribution in [0.2, 0.25) is 0 Å². The summed E-state index contributed by atoms with van der Waals surface area (Å²) in [6.07, 6.45) is 3.84. The predicted molar refractivity (Wildman–Crippen MR) is 80.1 cm³/mol. The second-order valence-corrected chi connectivity index (χ2v) is 6.21. The largest absolute Gasteiger partial charge is 0.384 e. The second kappa shape index (κ2) is 5.76. The minimum atomic E-state index is 0.298. The van der Waals surface area contributed by atoms with Crippen LogP contribution < -0.4 is 11.1 Å². The molecule has 0 radical (unpaired) electrons. The van der Waals surface area contributed by atoms with Gasteiger partial charge in [-0.05, 0) is 18.3 Å². The number of anilines is 2. The van der Waals surface area contributed by atoms with Gasteiger partial charge in [-0.25, -0.2) is 9.97 Å². The van der Waals surface area contributed by atoms with Crippen molar-refractivity contribution in [1.82, 2.24) is 9.97 Å². The quantitative estimate of drug-likeness (QED) is 0.876. The Morgan fingerprint density at radius 2 is 2.00 bits per heavy atom. The van der Waals surface area contributed by atoms with Gasteiger partial charge in [0.2, 0.25) is 0 Å². The molecule has 4 nitrogen and oxygen atoms in total. The van der Waals surface area contributed by atoms with E-state index in [1.807, 2.05) is 6.07 Å². The standard InChI is InChI=1S/C15H26N4/c1-9(2)15-18-13(16)8-14(19-15)17-12-7-5-6-10(3)11(12)4/h8-12H,5-7H2,1-4H3,(H3,16,17,18,19). The van der Waals surface area contributed by atoms with Gasteiger partial charge in [0.05, 0.1) is 0 Å². The lowest BCUT2D eigenvalue weighted by molar-refractivity contribution is 0.253. The Hall–Kier alpha value is -1.32. The Balaban J connectivity index is 2.14. The van der Waals surface area contributed by atoms with Gasteiger partial charge in [-0.1, -0.05) is 40.5 Å². The monoisotopic (exact) mass is 262 g/mol. The van der Waals surface area contributed by atoms with Gasteiger partial charge in [0.15, 0.2) is 0 Å². The van der Waals surface area contributed by atoms with Crippen molar-refractivity contribution in [3.8, 4) is 0 Å². The molecule has 1 aliphatic carbocycles. The van der Waals surface area contributed by atoms with Crippen LogP contribution in [0.1, 0.15) is 58.7 Å². The number of nitrogens with two attached hydrogens (primary N) is 1. The molecule has 1 aromatic heterocycles. The van der Waals surface area contributed by atoms with E-state index in [0.29, 0.717) is 23.7 Å². The van der Waals surface area contributed by atoms with Gasteiger partial charge >= 0.3 is 0 Å². The highest BCUT2D eigenvalue weighted by atomic mass is 15.1. The zero-order valence-electron chi connectivity index (χ0n) is 12.5. The van der Waals surface area contributed by atoms with E-state index in [0.717, 1.165) is 17.6 Å². The molecule has 0 saturated heterocycles.